The molecule has 1 N–H and O–H groups in total. The van der Waals surface area contributed by atoms with Gasteiger partial charge in [0.15, 0.2) is 0 Å². The maximum absolute atomic E-state index is 11.7. The summed E-state index contributed by atoms with van der Waals surface area (Å²) in [5.41, 5.74) is -0.406. The fraction of sp³-hybridized carbons (Fsp3) is 0.917. The molecule has 0 aromatic heterocycles. The van der Waals surface area contributed by atoms with Gasteiger partial charge in [0.05, 0.1) is 5.60 Å². The number of nitrogens with one attached hydrogen (secondary N) is 1. The van der Waals surface area contributed by atoms with E-state index >= 15 is 0 Å². The van der Waals surface area contributed by atoms with Crippen molar-refractivity contribution in [3.05, 3.63) is 0 Å². The number of hydrogen-bond donors (Lipinski definition) is 1. The molecular weight excluding hydrogens is 270 g/mol. The molecule has 1 atom stereocenters. The highest BCUT2D eigenvalue weighted by atomic mass is 79.9. The van der Waals surface area contributed by atoms with Crippen LogP contribution in [-0.2, 0) is 9.53 Å². The van der Waals surface area contributed by atoms with Crippen LogP contribution in [0.15, 0.2) is 0 Å². The highest BCUT2D eigenvalue weighted by Crippen LogP contribution is 2.15. The second-order valence-electron chi connectivity index (χ2n) is 5.30. The summed E-state index contributed by atoms with van der Waals surface area (Å²) < 4.78 is 5.44. The van der Waals surface area contributed by atoms with Crippen LogP contribution in [-0.4, -0.2) is 29.0 Å². The molecule has 0 aromatic rings. The number of amides is 1. The van der Waals surface area contributed by atoms with Crippen molar-refractivity contribution in [3.8, 4) is 0 Å². The van der Waals surface area contributed by atoms with Crippen molar-refractivity contribution >= 4 is 21.8 Å². The average molecular weight is 294 g/mol. The van der Waals surface area contributed by atoms with Gasteiger partial charge in [-0.25, -0.2) is 0 Å². The van der Waals surface area contributed by atoms with Crippen molar-refractivity contribution in [2.24, 2.45) is 0 Å². The van der Waals surface area contributed by atoms with Gasteiger partial charge in [-0.15, -0.1) is 0 Å². The van der Waals surface area contributed by atoms with E-state index in [1.807, 2.05) is 20.8 Å². The fourth-order valence-electron chi connectivity index (χ4n) is 1.19. The van der Waals surface area contributed by atoms with Gasteiger partial charge in [-0.1, -0.05) is 22.9 Å². The van der Waals surface area contributed by atoms with Crippen molar-refractivity contribution in [2.75, 3.05) is 11.9 Å². The minimum Gasteiger partial charge on any atom is -0.366 e. The molecular formula is C12H24BrNO2. The molecule has 0 saturated heterocycles. The van der Waals surface area contributed by atoms with Crippen molar-refractivity contribution in [2.45, 2.75) is 58.6 Å². The molecule has 0 rings (SSSR count). The first-order chi connectivity index (χ1) is 7.22. The van der Waals surface area contributed by atoms with Gasteiger partial charge in [0.1, 0.15) is 6.61 Å². The minimum absolute atomic E-state index is 0.0415. The van der Waals surface area contributed by atoms with E-state index in [0.717, 1.165) is 18.2 Å². The molecule has 96 valence electrons. The zero-order valence-electron chi connectivity index (χ0n) is 11.0. The third-order valence-electron chi connectivity index (χ3n) is 2.50. The predicted molar refractivity (Wildman–Crippen MR) is 71.0 cm³/mol. The SMILES string of the molecule is CCC(C)(CCBr)NC(=O)COC(C)(C)C. The zero-order valence-corrected chi connectivity index (χ0v) is 12.6. The molecule has 3 nitrogen and oxygen atoms in total. The predicted octanol–water partition coefficient (Wildman–Crippen LogP) is 2.87. The van der Waals surface area contributed by atoms with Crippen molar-refractivity contribution < 1.29 is 9.53 Å². The fourth-order valence-corrected chi connectivity index (χ4v) is 2.07. The summed E-state index contributed by atoms with van der Waals surface area (Å²) in [4.78, 5) is 11.7. The van der Waals surface area contributed by atoms with Gasteiger partial charge in [-0.3, -0.25) is 4.79 Å². The maximum Gasteiger partial charge on any atom is 0.246 e. The molecule has 0 fully saturated rings. The quantitative estimate of drug-likeness (QED) is 0.765. The molecule has 0 aliphatic heterocycles. The Hall–Kier alpha value is -0.0900. The Morgan fingerprint density at radius 2 is 1.88 bits per heavy atom. The number of halogens is 1. The number of carbonyl (C=O) groups is 1. The molecule has 0 aliphatic rings. The van der Waals surface area contributed by atoms with E-state index in [1.165, 1.54) is 0 Å². The maximum atomic E-state index is 11.7. The van der Waals surface area contributed by atoms with E-state index in [9.17, 15) is 4.79 Å². The lowest BCUT2D eigenvalue weighted by molar-refractivity contribution is -0.132. The lowest BCUT2D eigenvalue weighted by Crippen LogP contribution is -2.47. The third-order valence-corrected chi connectivity index (χ3v) is 2.90. The second-order valence-corrected chi connectivity index (χ2v) is 6.10. The van der Waals surface area contributed by atoms with E-state index < -0.39 is 0 Å². The molecule has 1 amide bonds. The first-order valence-corrected chi connectivity index (χ1v) is 6.85. The average Bonchev–Trinajstić information content (AvgIpc) is 2.14. The Morgan fingerprint density at radius 3 is 2.25 bits per heavy atom. The summed E-state index contributed by atoms with van der Waals surface area (Å²) in [5, 5.41) is 3.91. The molecule has 16 heavy (non-hydrogen) atoms. The van der Waals surface area contributed by atoms with Crippen LogP contribution in [0.4, 0.5) is 0 Å². The van der Waals surface area contributed by atoms with E-state index in [-0.39, 0.29) is 23.7 Å². The summed E-state index contributed by atoms with van der Waals surface area (Å²) in [7, 11) is 0. The molecule has 0 spiro atoms. The monoisotopic (exact) mass is 293 g/mol. The lowest BCUT2D eigenvalue weighted by atomic mass is 9.95. The molecule has 0 bridgehead atoms. The highest BCUT2D eigenvalue weighted by Gasteiger charge is 2.24. The largest absolute Gasteiger partial charge is 0.366 e. The molecule has 1 unspecified atom stereocenters. The van der Waals surface area contributed by atoms with Gasteiger partial charge < -0.3 is 10.1 Å². The van der Waals surface area contributed by atoms with Crippen LogP contribution in [0.2, 0.25) is 0 Å². The van der Waals surface area contributed by atoms with Crippen LogP contribution < -0.4 is 5.32 Å². The van der Waals surface area contributed by atoms with Gasteiger partial charge in [0.25, 0.3) is 0 Å². The lowest BCUT2D eigenvalue weighted by Gasteiger charge is -2.29. The highest BCUT2D eigenvalue weighted by molar-refractivity contribution is 9.09. The molecule has 4 heteroatoms. The van der Waals surface area contributed by atoms with Crippen molar-refractivity contribution in [1.82, 2.24) is 5.32 Å². The van der Waals surface area contributed by atoms with Gasteiger partial charge in [0.2, 0.25) is 5.91 Å². The van der Waals surface area contributed by atoms with E-state index in [2.05, 4.69) is 35.1 Å². The van der Waals surface area contributed by atoms with E-state index in [4.69, 9.17) is 4.74 Å². The van der Waals surface area contributed by atoms with Crippen LogP contribution >= 0.6 is 15.9 Å². The summed E-state index contributed by atoms with van der Waals surface area (Å²) in [6.45, 7) is 10.1. The Bertz CT molecular complexity index is 226. The van der Waals surface area contributed by atoms with Gasteiger partial charge in [-0.05, 0) is 40.5 Å². The molecule has 0 aromatic carbocycles. The smallest absolute Gasteiger partial charge is 0.246 e. The van der Waals surface area contributed by atoms with Crippen LogP contribution in [0.3, 0.4) is 0 Å². The second kappa shape index (κ2) is 6.60. The van der Waals surface area contributed by atoms with Crippen LogP contribution in [0.1, 0.15) is 47.5 Å². The summed E-state index contributed by atoms with van der Waals surface area (Å²) >= 11 is 3.40. The number of alkyl halides is 1. The van der Waals surface area contributed by atoms with Gasteiger partial charge in [0, 0.05) is 10.9 Å². The number of carbonyl (C=O) groups excluding carboxylic acids is 1. The van der Waals surface area contributed by atoms with Gasteiger partial charge >= 0.3 is 0 Å². The van der Waals surface area contributed by atoms with Crippen LogP contribution in [0.5, 0.6) is 0 Å². The zero-order chi connectivity index (χ0) is 12.8. The van der Waals surface area contributed by atoms with Crippen molar-refractivity contribution in [3.63, 3.8) is 0 Å². The number of ether oxygens (including phenoxy) is 1. The van der Waals surface area contributed by atoms with E-state index in [0.29, 0.717) is 0 Å². The van der Waals surface area contributed by atoms with E-state index in [1.54, 1.807) is 0 Å². The first kappa shape index (κ1) is 15.9. The Morgan fingerprint density at radius 1 is 1.31 bits per heavy atom. The van der Waals surface area contributed by atoms with Crippen LogP contribution in [0, 0.1) is 0 Å². The van der Waals surface area contributed by atoms with Gasteiger partial charge in [-0.2, -0.15) is 0 Å². The van der Waals surface area contributed by atoms with Crippen molar-refractivity contribution in [1.29, 1.82) is 0 Å². The Kier molecular flexibility index (Phi) is 6.56. The normalized spacial score (nSPS) is 15.6. The molecule has 0 saturated carbocycles. The molecule has 0 heterocycles. The Balaban J connectivity index is 4.11. The Labute approximate surface area is 107 Å². The molecule has 0 aliphatic carbocycles. The van der Waals surface area contributed by atoms with Crippen LogP contribution in [0.25, 0.3) is 0 Å². The first-order valence-electron chi connectivity index (χ1n) is 5.73. The summed E-state index contributed by atoms with van der Waals surface area (Å²) in [6, 6.07) is 0. The topological polar surface area (TPSA) is 38.3 Å². The summed E-state index contributed by atoms with van der Waals surface area (Å²) in [6.07, 6.45) is 1.84. The minimum atomic E-state index is -0.268. The number of rotatable bonds is 6. The molecule has 0 radical (unpaired) electrons. The third kappa shape index (κ3) is 7.23. The number of hydrogen-bond acceptors (Lipinski definition) is 2. The summed E-state index contributed by atoms with van der Waals surface area (Å²) in [5.74, 6) is -0.0415. The standard InChI is InChI=1S/C12H24BrNO2/c1-6-12(5,7-8-13)14-10(15)9-16-11(2,3)4/h6-9H2,1-5H3,(H,14,15).